The quantitative estimate of drug-likeness (QED) is 0.501. The molecular formula is C10H8ClN5O3. The second-order valence-electron chi connectivity index (χ2n) is 3.36. The molecule has 1 aromatic heterocycles. The Labute approximate surface area is 112 Å². The van der Waals surface area contributed by atoms with E-state index in [-0.39, 0.29) is 17.3 Å². The van der Waals surface area contributed by atoms with Gasteiger partial charge in [-0.3, -0.25) is 10.1 Å². The molecule has 0 bridgehead atoms. The molecular weight excluding hydrogens is 274 g/mol. The van der Waals surface area contributed by atoms with Crippen LogP contribution in [0.2, 0.25) is 5.02 Å². The summed E-state index contributed by atoms with van der Waals surface area (Å²) in [5, 5.41) is 11.2. The van der Waals surface area contributed by atoms with Crippen molar-refractivity contribution in [3.63, 3.8) is 0 Å². The largest absolute Gasteiger partial charge is 0.432 e. The number of aromatic nitrogens is 2. The zero-order valence-electron chi connectivity index (χ0n) is 9.41. The average Bonchev–Trinajstić information content (AvgIpc) is 2.38. The van der Waals surface area contributed by atoms with Gasteiger partial charge in [-0.15, -0.1) is 0 Å². The van der Waals surface area contributed by atoms with Gasteiger partial charge < -0.3 is 10.2 Å². The molecule has 0 aliphatic rings. The number of ether oxygens (including phenoxy) is 1. The highest BCUT2D eigenvalue weighted by molar-refractivity contribution is 6.30. The fraction of sp³-hybridized carbons (Fsp3) is 0. The summed E-state index contributed by atoms with van der Waals surface area (Å²) in [6.45, 7) is 0. The molecule has 0 spiro atoms. The van der Waals surface area contributed by atoms with E-state index in [1.54, 1.807) is 0 Å². The monoisotopic (exact) mass is 281 g/mol. The van der Waals surface area contributed by atoms with Crippen LogP contribution in [0.15, 0.2) is 30.6 Å². The van der Waals surface area contributed by atoms with Gasteiger partial charge in [-0.25, -0.2) is 15.8 Å². The fourth-order valence-corrected chi connectivity index (χ4v) is 1.47. The molecule has 0 radical (unpaired) electrons. The number of rotatable bonds is 4. The van der Waals surface area contributed by atoms with Crippen molar-refractivity contribution in [2.45, 2.75) is 0 Å². The van der Waals surface area contributed by atoms with Crippen LogP contribution in [-0.2, 0) is 0 Å². The Balaban J connectivity index is 2.36. The summed E-state index contributed by atoms with van der Waals surface area (Å²) in [6.07, 6.45) is 1.21. The first-order valence-electron chi connectivity index (χ1n) is 5.00. The van der Waals surface area contributed by atoms with Crippen molar-refractivity contribution in [1.29, 1.82) is 0 Å². The van der Waals surface area contributed by atoms with Crippen molar-refractivity contribution in [1.82, 2.24) is 9.97 Å². The van der Waals surface area contributed by atoms with Gasteiger partial charge in [0.15, 0.2) is 0 Å². The van der Waals surface area contributed by atoms with Gasteiger partial charge in [0, 0.05) is 23.2 Å². The molecule has 19 heavy (non-hydrogen) atoms. The second kappa shape index (κ2) is 5.46. The Bertz CT molecular complexity index is 622. The van der Waals surface area contributed by atoms with Gasteiger partial charge in [-0.2, -0.15) is 0 Å². The summed E-state index contributed by atoms with van der Waals surface area (Å²) in [6, 6.07) is 5.38. The topological polar surface area (TPSA) is 116 Å². The average molecular weight is 282 g/mol. The van der Waals surface area contributed by atoms with Crippen LogP contribution in [-0.4, -0.2) is 14.9 Å². The molecule has 1 heterocycles. The van der Waals surface area contributed by atoms with Crippen LogP contribution in [0.5, 0.6) is 11.6 Å². The lowest BCUT2D eigenvalue weighted by molar-refractivity contribution is -0.385. The van der Waals surface area contributed by atoms with E-state index < -0.39 is 4.92 Å². The van der Waals surface area contributed by atoms with Crippen LogP contribution in [0.1, 0.15) is 0 Å². The fourth-order valence-electron chi connectivity index (χ4n) is 1.31. The molecule has 0 aliphatic carbocycles. The van der Waals surface area contributed by atoms with Crippen LogP contribution in [0.3, 0.4) is 0 Å². The predicted molar refractivity (Wildman–Crippen MR) is 68.0 cm³/mol. The lowest BCUT2D eigenvalue weighted by Crippen LogP contribution is -2.08. The van der Waals surface area contributed by atoms with Crippen molar-refractivity contribution in [3.8, 4) is 11.6 Å². The van der Waals surface area contributed by atoms with Crippen molar-refractivity contribution in [2.75, 3.05) is 5.43 Å². The van der Waals surface area contributed by atoms with E-state index in [9.17, 15) is 10.1 Å². The van der Waals surface area contributed by atoms with Gasteiger partial charge in [0.25, 0.3) is 0 Å². The molecule has 0 atom stereocenters. The first kappa shape index (κ1) is 13.0. The van der Waals surface area contributed by atoms with E-state index in [2.05, 4.69) is 15.4 Å². The van der Waals surface area contributed by atoms with Gasteiger partial charge in [0.05, 0.1) is 4.92 Å². The number of hydrogen-bond donors (Lipinski definition) is 2. The Kier molecular flexibility index (Phi) is 3.74. The number of hydrazine groups is 1. The molecule has 0 saturated heterocycles. The predicted octanol–water partition coefficient (Wildman–Crippen LogP) is 2.12. The number of benzene rings is 1. The summed E-state index contributed by atoms with van der Waals surface area (Å²) < 4.78 is 5.32. The number of nitro benzene ring substituents is 1. The maximum absolute atomic E-state index is 10.9. The highest BCUT2D eigenvalue weighted by Gasteiger charge is 2.16. The number of nitrogens with two attached hydrogens (primary N) is 1. The Morgan fingerprint density at radius 1 is 1.37 bits per heavy atom. The number of hydrogen-bond acceptors (Lipinski definition) is 7. The molecule has 0 unspecified atom stereocenters. The molecule has 3 N–H and O–H groups in total. The molecule has 8 nitrogen and oxygen atoms in total. The molecule has 0 amide bonds. The Morgan fingerprint density at radius 3 is 2.84 bits per heavy atom. The van der Waals surface area contributed by atoms with E-state index in [0.717, 1.165) is 0 Å². The van der Waals surface area contributed by atoms with E-state index in [1.165, 1.54) is 30.6 Å². The molecule has 98 valence electrons. The minimum atomic E-state index is -0.574. The highest BCUT2D eigenvalue weighted by Crippen LogP contribution is 2.33. The SMILES string of the molecule is NNc1cc(Oc2cc(Cl)ccc2[N+](=O)[O-])ncn1. The zero-order valence-corrected chi connectivity index (χ0v) is 10.2. The maximum Gasteiger partial charge on any atom is 0.311 e. The molecule has 0 fully saturated rings. The first-order chi connectivity index (χ1) is 9.10. The molecule has 0 saturated carbocycles. The molecule has 9 heteroatoms. The molecule has 2 aromatic rings. The second-order valence-corrected chi connectivity index (χ2v) is 3.79. The molecule has 2 rings (SSSR count). The van der Waals surface area contributed by atoms with Gasteiger partial charge in [-0.1, -0.05) is 11.6 Å². The lowest BCUT2D eigenvalue weighted by Gasteiger charge is -2.06. The van der Waals surface area contributed by atoms with Gasteiger partial charge in [0.1, 0.15) is 12.1 Å². The highest BCUT2D eigenvalue weighted by atomic mass is 35.5. The van der Waals surface area contributed by atoms with Crippen LogP contribution in [0.4, 0.5) is 11.5 Å². The minimum absolute atomic E-state index is 0.0147. The number of nitrogen functional groups attached to an aromatic ring is 1. The van der Waals surface area contributed by atoms with E-state index >= 15 is 0 Å². The van der Waals surface area contributed by atoms with Crippen molar-refractivity contribution >= 4 is 23.1 Å². The summed E-state index contributed by atoms with van der Waals surface area (Å²) in [7, 11) is 0. The molecule has 1 aromatic carbocycles. The van der Waals surface area contributed by atoms with Crippen molar-refractivity contribution in [2.24, 2.45) is 5.84 Å². The molecule has 0 aliphatic heterocycles. The third-order valence-electron chi connectivity index (χ3n) is 2.12. The maximum atomic E-state index is 10.9. The number of nitrogens with zero attached hydrogens (tertiary/aromatic N) is 3. The lowest BCUT2D eigenvalue weighted by atomic mass is 10.3. The third kappa shape index (κ3) is 3.06. The van der Waals surface area contributed by atoms with E-state index in [0.29, 0.717) is 10.8 Å². The first-order valence-corrected chi connectivity index (χ1v) is 5.38. The number of nitrogens with one attached hydrogen (secondary N) is 1. The number of nitro groups is 1. The minimum Gasteiger partial charge on any atom is -0.432 e. The van der Waals surface area contributed by atoms with Crippen LogP contribution >= 0.6 is 11.6 Å². The van der Waals surface area contributed by atoms with Crippen molar-refractivity contribution in [3.05, 3.63) is 45.7 Å². The Morgan fingerprint density at radius 2 is 2.16 bits per heavy atom. The van der Waals surface area contributed by atoms with E-state index in [4.69, 9.17) is 22.2 Å². The van der Waals surface area contributed by atoms with Gasteiger partial charge in [0.2, 0.25) is 11.6 Å². The smallest absolute Gasteiger partial charge is 0.311 e. The summed E-state index contributed by atoms with van der Waals surface area (Å²) >= 11 is 5.78. The summed E-state index contributed by atoms with van der Waals surface area (Å²) in [5.41, 5.74) is 2.09. The van der Waals surface area contributed by atoms with Crippen LogP contribution in [0.25, 0.3) is 0 Å². The normalized spacial score (nSPS) is 10.0. The summed E-state index contributed by atoms with van der Waals surface area (Å²) in [5.74, 6) is 5.59. The van der Waals surface area contributed by atoms with Crippen molar-refractivity contribution < 1.29 is 9.66 Å². The summed E-state index contributed by atoms with van der Waals surface area (Å²) in [4.78, 5) is 17.9. The number of halogens is 1. The number of anilines is 1. The van der Waals surface area contributed by atoms with Gasteiger partial charge >= 0.3 is 5.69 Å². The van der Waals surface area contributed by atoms with E-state index in [1.807, 2.05) is 0 Å². The third-order valence-corrected chi connectivity index (χ3v) is 2.36. The zero-order chi connectivity index (χ0) is 13.8. The van der Waals surface area contributed by atoms with Crippen LogP contribution < -0.4 is 16.0 Å². The standard InChI is InChI=1S/C10H8ClN5O3/c11-6-1-2-7(16(17)18)8(3-6)19-10-4-9(15-12)13-5-14-10/h1-5H,12H2,(H,13,14,15). The van der Waals surface area contributed by atoms with Gasteiger partial charge in [-0.05, 0) is 6.07 Å². The Hall–Kier alpha value is -2.45. The van der Waals surface area contributed by atoms with Crippen LogP contribution in [0, 0.1) is 10.1 Å².